The largest absolute Gasteiger partial charge is 0.481 e. The van der Waals surface area contributed by atoms with E-state index in [0.29, 0.717) is 17.0 Å². The number of benzene rings is 2. The zero-order chi connectivity index (χ0) is 21.0. The first-order chi connectivity index (χ1) is 13.9. The molecule has 1 aliphatic heterocycles. The Morgan fingerprint density at radius 3 is 2.48 bits per heavy atom. The topological polar surface area (TPSA) is 111 Å². The number of ether oxygens (including phenoxy) is 2. The fourth-order valence-electron chi connectivity index (χ4n) is 3.08. The monoisotopic (exact) mass is 397 g/mol. The molecule has 0 fully saturated rings. The van der Waals surface area contributed by atoms with Crippen LogP contribution in [0.25, 0.3) is 0 Å². The summed E-state index contributed by atoms with van der Waals surface area (Å²) < 4.78 is 10.9. The van der Waals surface area contributed by atoms with Gasteiger partial charge in [0.15, 0.2) is 6.10 Å². The minimum Gasteiger partial charge on any atom is -0.481 e. The number of para-hydroxylation sites is 2. The highest BCUT2D eigenvalue weighted by Gasteiger charge is 2.41. The Labute approximate surface area is 168 Å². The van der Waals surface area contributed by atoms with E-state index in [9.17, 15) is 14.4 Å². The molecular weight excluding hydrogens is 374 g/mol. The van der Waals surface area contributed by atoms with Gasteiger partial charge in [-0.3, -0.25) is 19.3 Å². The third kappa shape index (κ3) is 4.38. The third-order valence-electron chi connectivity index (χ3n) is 4.60. The summed E-state index contributed by atoms with van der Waals surface area (Å²) in [5.74, 6) is -1.18. The van der Waals surface area contributed by atoms with Gasteiger partial charge in [-0.2, -0.15) is 0 Å². The first kappa shape index (κ1) is 20.3. The van der Waals surface area contributed by atoms with Gasteiger partial charge < -0.3 is 20.5 Å². The Morgan fingerprint density at radius 2 is 1.83 bits per heavy atom. The molecule has 1 heterocycles. The van der Waals surface area contributed by atoms with Crippen LogP contribution >= 0.6 is 0 Å². The maximum atomic E-state index is 13.5. The van der Waals surface area contributed by atoms with E-state index in [0.717, 1.165) is 0 Å². The molecule has 0 bridgehead atoms. The number of esters is 1. The first-order valence-corrected chi connectivity index (χ1v) is 9.17. The second-order valence-electron chi connectivity index (χ2n) is 6.69. The third-order valence-corrected chi connectivity index (χ3v) is 4.60. The number of hydrogen-bond donors (Lipinski definition) is 2. The van der Waals surface area contributed by atoms with Crippen molar-refractivity contribution in [3.63, 3.8) is 0 Å². The molecule has 2 amide bonds. The predicted octanol–water partition coefficient (Wildman–Crippen LogP) is 1.16. The lowest BCUT2D eigenvalue weighted by Gasteiger charge is -2.28. The second kappa shape index (κ2) is 8.74. The number of fused-ring (bicyclic) bond motifs is 1. The molecule has 2 aromatic rings. The van der Waals surface area contributed by atoms with Crippen LogP contribution in [0.3, 0.4) is 0 Å². The molecule has 0 aliphatic carbocycles. The molecule has 8 nitrogen and oxygen atoms in total. The molecule has 0 radical (unpaired) electrons. The van der Waals surface area contributed by atoms with Crippen molar-refractivity contribution in [2.24, 2.45) is 5.73 Å². The van der Waals surface area contributed by atoms with Crippen LogP contribution in [0.1, 0.15) is 18.6 Å². The van der Waals surface area contributed by atoms with E-state index in [1.807, 2.05) is 30.3 Å². The van der Waals surface area contributed by atoms with Crippen molar-refractivity contribution in [3.8, 4) is 5.75 Å². The van der Waals surface area contributed by atoms with Gasteiger partial charge >= 0.3 is 5.97 Å². The Morgan fingerprint density at radius 1 is 1.17 bits per heavy atom. The van der Waals surface area contributed by atoms with Gasteiger partial charge in [0.1, 0.15) is 18.3 Å². The Kier molecular flexibility index (Phi) is 6.13. The highest BCUT2D eigenvalue weighted by molar-refractivity contribution is 6.04. The lowest BCUT2D eigenvalue weighted by atomic mass is 10.0. The quantitative estimate of drug-likeness (QED) is 0.733. The SMILES string of the molecule is COC(=O)CN1C(=O)[C@@H](NC(=O)[C@H](C)N)[C@@H](c2ccccc2)Oc2ccccc21. The molecule has 0 spiro atoms. The van der Waals surface area contributed by atoms with E-state index < -0.39 is 36.0 Å². The lowest BCUT2D eigenvalue weighted by Crippen LogP contribution is -2.55. The Balaban J connectivity index is 2.10. The molecule has 0 saturated heterocycles. The lowest BCUT2D eigenvalue weighted by molar-refractivity contribution is -0.140. The molecule has 0 unspecified atom stereocenters. The van der Waals surface area contributed by atoms with Crippen molar-refractivity contribution >= 4 is 23.5 Å². The summed E-state index contributed by atoms with van der Waals surface area (Å²) in [6.45, 7) is 1.21. The summed E-state index contributed by atoms with van der Waals surface area (Å²) in [5.41, 5.74) is 6.81. The van der Waals surface area contributed by atoms with Gasteiger partial charge in [-0.25, -0.2) is 0 Å². The molecule has 8 heteroatoms. The Hall–Kier alpha value is -3.39. The molecule has 0 saturated carbocycles. The maximum absolute atomic E-state index is 13.5. The summed E-state index contributed by atoms with van der Waals surface area (Å²) in [4.78, 5) is 39.1. The molecular formula is C21H23N3O5. The van der Waals surface area contributed by atoms with Crippen LogP contribution in [0.2, 0.25) is 0 Å². The zero-order valence-corrected chi connectivity index (χ0v) is 16.2. The molecule has 3 N–H and O–H groups in total. The minimum absolute atomic E-state index is 0.318. The smallest absolute Gasteiger partial charge is 0.325 e. The highest BCUT2D eigenvalue weighted by atomic mass is 16.5. The van der Waals surface area contributed by atoms with Gasteiger partial charge in [-0.05, 0) is 24.6 Å². The average Bonchev–Trinajstić information content (AvgIpc) is 2.84. The van der Waals surface area contributed by atoms with Gasteiger partial charge in [-0.15, -0.1) is 0 Å². The van der Waals surface area contributed by atoms with Crippen LogP contribution in [0.15, 0.2) is 54.6 Å². The van der Waals surface area contributed by atoms with E-state index in [4.69, 9.17) is 15.2 Å². The average molecular weight is 397 g/mol. The van der Waals surface area contributed by atoms with Crippen molar-refractivity contribution in [1.29, 1.82) is 0 Å². The molecule has 1 aliphatic rings. The van der Waals surface area contributed by atoms with Crippen molar-refractivity contribution < 1.29 is 23.9 Å². The molecule has 0 aromatic heterocycles. The van der Waals surface area contributed by atoms with Crippen molar-refractivity contribution in [2.75, 3.05) is 18.6 Å². The number of amides is 2. The summed E-state index contributed by atoms with van der Waals surface area (Å²) in [6.07, 6.45) is -0.810. The normalized spacial score (nSPS) is 19.4. The number of carbonyl (C=O) groups is 3. The number of methoxy groups -OCH3 is 1. The molecule has 3 atom stereocenters. The molecule has 152 valence electrons. The number of carbonyl (C=O) groups excluding carboxylic acids is 3. The van der Waals surface area contributed by atoms with Crippen LogP contribution in [-0.4, -0.2) is 43.5 Å². The Bertz CT molecular complexity index is 900. The van der Waals surface area contributed by atoms with Gasteiger partial charge in [0.25, 0.3) is 5.91 Å². The summed E-state index contributed by atoms with van der Waals surface area (Å²) in [6, 6.07) is 14.1. The minimum atomic E-state index is -1.09. The van der Waals surface area contributed by atoms with E-state index in [2.05, 4.69) is 5.32 Å². The molecule has 3 rings (SSSR count). The van der Waals surface area contributed by atoms with E-state index in [1.165, 1.54) is 18.9 Å². The van der Waals surface area contributed by atoms with Gasteiger partial charge in [-0.1, -0.05) is 42.5 Å². The fourth-order valence-corrected chi connectivity index (χ4v) is 3.08. The van der Waals surface area contributed by atoms with E-state index in [1.54, 1.807) is 24.3 Å². The van der Waals surface area contributed by atoms with Crippen molar-refractivity contribution in [2.45, 2.75) is 25.1 Å². The van der Waals surface area contributed by atoms with E-state index in [-0.39, 0.29) is 6.54 Å². The summed E-state index contributed by atoms with van der Waals surface area (Å²) >= 11 is 0. The first-order valence-electron chi connectivity index (χ1n) is 9.17. The zero-order valence-electron chi connectivity index (χ0n) is 16.2. The predicted molar refractivity (Wildman–Crippen MR) is 106 cm³/mol. The fraction of sp³-hybridized carbons (Fsp3) is 0.286. The summed E-state index contributed by atoms with van der Waals surface area (Å²) in [5, 5.41) is 2.68. The van der Waals surface area contributed by atoms with Crippen molar-refractivity contribution in [1.82, 2.24) is 5.32 Å². The van der Waals surface area contributed by atoms with Crippen LogP contribution in [0.4, 0.5) is 5.69 Å². The van der Waals surface area contributed by atoms with Gasteiger partial charge in [0.2, 0.25) is 5.91 Å². The molecule has 29 heavy (non-hydrogen) atoms. The van der Waals surface area contributed by atoms with Crippen LogP contribution in [-0.2, 0) is 19.1 Å². The number of hydrogen-bond acceptors (Lipinski definition) is 6. The van der Waals surface area contributed by atoms with Crippen LogP contribution in [0.5, 0.6) is 5.75 Å². The van der Waals surface area contributed by atoms with Crippen LogP contribution < -0.4 is 20.7 Å². The van der Waals surface area contributed by atoms with Gasteiger partial charge in [0.05, 0.1) is 18.8 Å². The second-order valence-corrected chi connectivity index (χ2v) is 6.69. The number of nitrogens with one attached hydrogen (secondary N) is 1. The summed E-state index contributed by atoms with van der Waals surface area (Å²) in [7, 11) is 1.25. The maximum Gasteiger partial charge on any atom is 0.325 e. The molecule has 2 aromatic carbocycles. The standard InChI is InChI=1S/C21H23N3O5/c1-13(22)20(26)23-18-19(14-8-4-3-5-9-14)29-16-11-7-6-10-15(16)24(21(18)27)12-17(25)28-2/h3-11,13,18-19H,12,22H2,1-2H3,(H,23,26)/t13-,18-,19+/m0/s1. The number of rotatable bonds is 5. The van der Waals surface area contributed by atoms with Crippen molar-refractivity contribution in [3.05, 3.63) is 60.2 Å². The van der Waals surface area contributed by atoms with Crippen LogP contribution in [0, 0.1) is 0 Å². The number of nitrogens with two attached hydrogens (primary N) is 1. The van der Waals surface area contributed by atoms with E-state index >= 15 is 0 Å². The highest BCUT2D eigenvalue weighted by Crippen LogP contribution is 2.37. The number of anilines is 1. The number of nitrogens with zero attached hydrogens (tertiary/aromatic N) is 1. The van der Waals surface area contributed by atoms with Gasteiger partial charge in [0, 0.05) is 0 Å².